The molecule has 102 valence electrons. The van der Waals surface area contributed by atoms with Crippen LogP contribution in [0.1, 0.15) is 18.1 Å². The van der Waals surface area contributed by atoms with Gasteiger partial charge in [-0.25, -0.2) is 0 Å². The Morgan fingerprint density at radius 3 is 3.00 bits per heavy atom. The standard InChI is InChI=1S/C16H12N4O/c1-2-12-10-18-7-6-14(12)15-19-16(21-20-15)13-5-3-4-11(8-13)9-17/h3-8,10H,2H2,1H3. The normalized spacial score (nSPS) is 10.3. The van der Waals surface area contributed by atoms with Crippen molar-refractivity contribution in [3.8, 4) is 28.9 Å². The second kappa shape index (κ2) is 5.55. The molecule has 2 aromatic heterocycles. The van der Waals surface area contributed by atoms with Gasteiger partial charge in [0.2, 0.25) is 5.82 Å². The van der Waals surface area contributed by atoms with E-state index in [9.17, 15) is 0 Å². The molecule has 3 aromatic rings. The first-order valence-corrected chi connectivity index (χ1v) is 6.59. The van der Waals surface area contributed by atoms with Crippen molar-refractivity contribution in [1.82, 2.24) is 15.1 Å². The number of rotatable bonds is 3. The summed E-state index contributed by atoms with van der Waals surface area (Å²) in [5, 5.41) is 13.0. The maximum absolute atomic E-state index is 8.94. The second-order valence-corrected chi connectivity index (χ2v) is 4.50. The third-order valence-electron chi connectivity index (χ3n) is 3.19. The molecule has 0 amide bonds. The minimum Gasteiger partial charge on any atom is -0.334 e. The Balaban J connectivity index is 2.02. The van der Waals surface area contributed by atoms with E-state index in [1.807, 2.05) is 18.3 Å². The number of nitrogens with zero attached hydrogens (tertiary/aromatic N) is 4. The summed E-state index contributed by atoms with van der Waals surface area (Å²) in [6, 6.07) is 11.1. The van der Waals surface area contributed by atoms with Crippen molar-refractivity contribution in [3.05, 3.63) is 53.9 Å². The predicted molar refractivity (Wildman–Crippen MR) is 77.1 cm³/mol. The van der Waals surface area contributed by atoms with Gasteiger partial charge < -0.3 is 4.52 Å². The summed E-state index contributed by atoms with van der Waals surface area (Å²) in [5.74, 6) is 0.938. The monoisotopic (exact) mass is 276 g/mol. The molecule has 1 aromatic carbocycles. The maximum Gasteiger partial charge on any atom is 0.258 e. The number of pyridine rings is 1. The first-order chi connectivity index (χ1) is 10.3. The molecule has 0 unspecified atom stereocenters. The first-order valence-electron chi connectivity index (χ1n) is 6.59. The molecule has 0 N–H and O–H groups in total. The average molecular weight is 276 g/mol. The molecule has 5 nitrogen and oxygen atoms in total. The zero-order valence-electron chi connectivity index (χ0n) is 11.4. The molecular formula is C16H12N4O. The van der Waals surface area contributed by atoms with Gasteiger partial charge in [0.25, 0.3) is 5.89 Å². The van der Waals surface area contributed by atoms with Gasteiger partial charge in [-0.3, -0.25) is 4.98 Å². The van der Waals surface area contributed by atoms with Crippen molar-refractivity contribution in [2.45, 2.75) is 13.3 Å². The van der Waals surface area contributed by atoms with Gasteiger partial charge >= 0.3 is 0 Å². The number of nitriles is 1. The summed E-state index contributed by atoms with van der Waals surface area (Å²) in [6.45, 7) is 2.05. The van der Waals surface area contributed by atoms with Crippen LogP contribution in [0, 0.1) is 11.3 Å². The summed E-state index contributed by atoms with van der Waals surface area (Å²) in [7, 11) is 0. The van der Waals surface area contributed by atoms with Gasteiger partial charge in [0.05, 0.1) is 11.6 Å². The molecule has 0 saturated carbocycles. The molecule has 0 atom stereocenters. The number of hydrogen-bond donors (Lipinski definition) is 0. The minimum absolute atomic E-state index is 0.404. The van der Waals surface area contributed by atoms with Crippen LogP contribution in [-0.4, -0.2) is 15.1 Å². The Kier molecular flexibility index (Phi) is 3.44. The second-order valence-electron chi connectivity index (χ2n) is 4.50. The Hall–Kier alpha value is -3.00. The molecule has 21 heavy (non-hydrogen) atoms. The highest BCUT2D eigenvalue weighted by Gasteiger charge is 2.13. The minimum atomic E-state index is 0.404. The lowest BCUT2D eigenvalue weighted by Crippen LogP contribution is -1.90. The fraction of sp³-hybridized carbons (Fsp3) is 0.125. The Labute approximate surface area is 121 Å². The van der Waals surface area contributed by atoms with Gasteiger partial charge in [-0.05, 0) is 36.2 Å². The smallest absolute Gasteiger partial charge is 0.258 e. The van der Waals surface area contributed by atoms with Crippen molar-refractivity contribution in [3.63, 3.8) is 0 Å². The molecule has 0 saturated heterocycles. The predicted octanol–water partition coefficient (Wildman–Crippen LogP) is 3.23. The van der Waals surface area contributed by atoms with Crippen molar-refractivity contribution in [2.24, 2.45) is 0 Å². The molecule has 0 aliphatic carbocycles. The molecule has 0 aliphatic heterocycles. The van der Waals surface area contributed by atoms with Gasteiger partial charge in [0, 0.05) is 23.5 Å². The lowest BCUT2D eigenvalue weighted by molar-refractivity contribution is 0.432. The Morgan fingerprint density at radius 1 is 1.29 bits per heavy atom. The van der Waals surface area contributed by atoms with E-state index in [0.717, 1.165) is 23.1 Å². The van der Waals surface area contributed by atoms with Crippen molar-refractivity contribution in [1.29, 1.82) is 5.26 Å². The molecule has 3 rings (SSSR count). The molecule has 5 heteroatoms. The van der Waals surface area contributed by atoms with E-state index in [4.69, 9.17) is 9.78 Å². The fourth-order valence-electron chi connectivity index (χ4n) is 2.10. The van der Waals surface area contributed by atoms with Crippen LogP contribution in [0.3, 0.4) is 0 Å². The van der Waals surface area contributed by atoms with E-state index in [2.05, 4.69) is 28.1 Å². The third-order valence-corrected chi connectivity index (χ3v) is 3.19. The molecule has 2 heterocycles. The maximum atomic E-state index is 8.94. The van der Waals surface area contributed by atoms with Crippen LogP contribution in [0.15, 0.2) is 47.2 Å². The molecule has 0 bridgehead atoms. The van der Waals surface area contributed by atoms with Crippen molar-refractivity contribution >= 4 is 0 Å². The van der Waals surface area contributed by atoms with Gasteiger partial charge in [0.1, 0.15) is 0 Å². The quantitative estimate of drug-likeness (QED) is 0.734. The summed E-state index contributed by atoms with van der Waals surface area (Å²) < 4.78 is 5.31. The Morgan fingerprint density at radius 2 is 2.19 bits per heavy atom. The van der Waals surface area contributed by atoms with E-state index >= 15 is 0 Å². The third kappa shape index (κ3) is 2.51. The number of aromatic nitrogens is 3. The van der Waals surface area contributed by atoms with E-state index in [1.54, 1.807) is 24.4 Å². The largest absolute Gasteiger partial charge is 0.334 e. The van der Waals surface area contributed by atoms with Crippen LogP contribution in [0.4, 0.5) is 0 Å². The molecule has 0 aliphatic rings. The average Bonchev–Trinajstić information content (AvgIpc) is 3.04. The summed E-state index contributed by atoms with van der Waals surface area (Å²) in [6.07, 6.45) is 4.36. The van der Waals surface area contributed by atoms with E-state index in [1.165, 1.54) is 0 Å². The number of aryl methyl sites for hydroxylation is 1. The molecular weight excluding hydrogens is 264 g/mol. The van der Waals surface area contributed by atoms with Gasteiger partial charge in [0.15, 0.2) is 0 Å². The van der Waals surface area contributed by atoms with Crippen LogP contribution < -0.4 is 0 Å². The van der Waals surface area contributed by atoms with Gasteiger partial charge in [-0.2, -0.15) is 10.2 Å². The summed E-state index contributed by atoms with van der Waals surface area (Å²) in [4.78, 5) is 8.53. The van der Waals surface area contributed by atoms with Gasteiger partial charge in [-0.1, -0.05) is 18.1 Å². The Bertz CT molecular complexity index is 817. The van der Waals surface area contributed by atoms with Crippen LogP contribution in [0.25, 0.3) is 22.8 Å². The van der Waals surface area contributed by atoms with E-state index < -0.39 is 0 Å². The topological polar surface area (TPSA) is 75.6 Å². The molecule has 0 fully saturated rings. The molecule has 0 radical (unpaired) electrons. The van der Waals surface area contributed by atoms with Crippen molar-refractivity contribution in [2.75, 3.05) is 0 Å². The lowest BCUT2D eigenvalue weighted by Gasteiger charge is -2.00. The SMILES string of the molecule is CCc1cnccc1-c1noc(-c2cccc(C#N)c2)n1. The highest BCUT2D eigenvalue weighted by atomic mass is 16.5. The lowest BCUT2D eigenvalue weighted by atomic mass is 10.1. The summed E-state index contributed by atoms with van der Waals surface area (Å²) >= 11 is 0. The number of benzene rings is 1. The number of hydrogen-bond acceptors (Lipinski definition) is 5. The molecule has 0 spiro atoms. The van der Waals surface area contributed by atoms with E-state index in [-0.39, 0.29) is 0 Å². The van der Waals surface area contributed by atoms with Crippen LogP contribution in [-0.2, 0) is 6.42 Å². The van der Waals surface area contributed by atoms with Crippen LogP contribution in [0.5, 0.6) is 0 Å². The summed E-state index contributed by atoms with van der Waals surface area (Å²) in [5.41, 5.74) is 3.28. The van der Waals surface area contributed by atoms with Gasteiger partial charge in [-0.15, -0.1) is 0 Å². The van der Waals surface area contributed by atoms with Crippen molar-refractivity contribution < 1.29 is 4.52 Å². The van der Waals surface area contributed by atoms with Crippen LogP contribution >= 0.6 is 0 Å². The highest BCUT2D eigenvalue weighted by Crippen LogP contribution is 2.24. The highest BCUT2D eigenvalue weighted by molar-refractivity contribution is 5.63. The zero-order valence-corrected chi connectivity index (χ0v) is 11.4. The zero-order chi connectivity index (χ0) is 14.7. The van der Waals surface area contributed by atoms with E-state index in [0.29, 0.717) is 17.3 Å². The van der Waals surface area contributed by atoms with Crippen LogP contribution in [0.2, 0.25) is 0 Å². The first kappa shape index (κ1) is 13.0. The fourth-order valence-corrected chi connectivity index (χ4v) is 2.10.